The van der Waals surface area contributed by atoms with Crippen molar-refractivity contribution in [3.05, 3.63) is 35.1 Å². The third-order valence-electron chi connectivity index (χ3n) is 2.06. The molecule has 18 heavy (non-hydrogen) atoms. The highest BCUT2D eigenvalue weighted by atomic mass is 32.2. The zero-order valence-corrected chi connectivity index (χ0v) is 9.77. The molecule has 4 N–H and O–H groups in total. The summed E-state index contributed by atoms with van der Waals surface area (Å²) in [4.78, 5) is 0. The van der Waals surface area contributed by atoms with Gasteiger partial charge in [0.15, 0.2) is 0 Å². The van der Waals surface area contributed by atoms with E-state index in [9.17, 15) is 21.6 Å². The van der Waals surface area contributed by atoms with Crippen LogP contribution in [0.5, 0.6) is 0 Å². The minimum atomic E-state index is -4.76. The van der Waals surface area contributed by atoms with Gasteiger partial charge in [-0.15, -0.1) is 0 Å². The molecule has 5 nitrogen and oxygen atoms in total. The zero-order chi connectivity index (χ0) is 13.9. The average Bonchev–Trinajstić information content (AvgIpc) is 2.26. The molecular weight excluding hydrogens is 271 g/mol. The Balaban J connectivity index is 2.84. The maximum atomic E-state index is 13.4. The largest absolute Gasteiger partial charge is 0.384 e. The van der Waals surface area contributed by atoms with Gasteiger partial charge in [0, 0.05) is 17.7 Å². The number of sulfonamides is 1. The summed E-state index contributed by atoms with van der Waals surface area (Å²) in [7, 11) is -4.76. The van der Waals surface area contributed by atoms with Crippen LogP contribution in [0.3, 0.4) is 0 Å². The van der Waals surface area contributed by atoms with Crippen LogP contribution in [0.4, 0.5) is 13.2 Å². The molecule has 0 aliphatic carbocycles. The third kappa shape index (κ3) is 3.44. The van der Waals surface area contributed by atoms with Gasteiger partial charge in [-0.05, 0) is 6.07 Å². The first-order chi connectivity index (χ1) is 8.24. The van der Waals surface area contributed by atoms with E-state index >= 15 is 0 Å². The molecule has 0 saturated carbocycles. The fourth-order valence-corrected chi connectivity index (χ4v) is 1.58. The van der Waals surface area contributed by atoms with E-state index in [1.165, 1.54) is 12.1 Å². The van der Waals surface area contributed by atoms with E-state index < -0.39 is 28.1 Å². The molecule has 0 saturated heterocycles. The molecule has 0 bridgehead atoms. The maximum Gasteiger partial charge on any atom is 0.350 e. The summed E-state index contributed by atoms with van der Waals surface area (Å²) in [6.07, 6.45) is 0. The topological polar surface area (TPSA) is 96.0 Å². The van der Waals surface area contributed by atoms with Crippen LogP contribution >= 0.6 is 0 Å². The predicted octanol–water partition coefficient (Wildman–Crippen LogP) is 0.752. The van der Waals surface area contributed by atoms with Crippen molar-refractivity contribution in [2.45, 2.75) is 12.3 Å². The number of rotatable bonds is 5. The molecule has 100 valence electrons. The van der Waals surface area contributed by atoms with Gasteiger partial charge in [0.25, 0.3) is 10.0 Å². The number of nitrogen functional groups attached to an aromatic ring is 1. The van der Waals surface area contributed by atoms with Crippen LogP contribution in [0.25, 0.3) is 0 Å². The lowest BCUT2D eigenvalue weighted by atomic mass is 10.1. The van der Waals surface area contributed by atoms with E-state index in [0.717, 1.165) is 6.07 Å². The summed E-state index contributed by atoms with van der Waals surface area (Å²) in [5.74, 6) is -4.76. The van der Waals surface area contributed by atoms with E-state index in [0.29, 0.717) is 0 Å². The summed E-state index contributed by atoms with van der Waals surface area (Å²) >= 11 is 0. The van der Waals surface area contributed by atoms with Gasteiger partial charge >= 0.3 is 5.76 Å². The van der Waals surface area contributed by atoms with Gasteiger partial charge in [-0.3, -0.25) is 5.41 Å². The monoisotopic (exact) mass is 281 g/mol. The quantitative estimate of drug-likeness (QED) is 0.549. The van der Waals surface area contributed by atoms with Crippen LogP contribution in [-0.4, -0.2) is 20.0 Å². The van der Waals surface area contributed by atoms with Crippen molar-refractivity contribution in [2.75, 3.05) is 0 Å². The molecule has 0 aromatic heterocycles. The lowest BCUT2D eigenvalue weighted by molar-refractivity contribution is 0.232. The summed E-state index contributed by atoms with van der Waals surface area (Å²) in [6, 6.07) is 3.38. The molecule has 0 unspecified atom stereocenters. The summed E-state index contributed by atoms with van der Waals surface area (Å²) in [5.41, 5.74) is 5.12. The van der Waals surface area contributed by atoms with Crippen LogP contribution in [0.1, 0.15) is 11.1 Å². The van der Waals surface area contributed by atoms with E-state index in [4.69, 9.17) is 11.1 Å². The van der Waals surface area contributed by atoms with E-state index in [1.54, 1.807) is 4.72 Å². The Morgan fingerprint density at radius 1 is 1.44 bits per heavy atom. The standard InChI is InChI=1S/C9H10F3N3O2S/c10-7-3-5(8(13)14)1-2-6(7)4-15-18(16,17)9(11)12/h1-3,9,15H,4H2,(H3,13,14). The molecule has 1 aromatic carbocycles. The number of nitrogens with two attached hydrogens (primary N) is 1. The van der Waals surface area contributed by atoms with Crippen LogP contribution in [0.2, 0.25) is 0 Å². The highest BCUT2D eigenvalue weighted by Crippen LogP contribution is 2.11. The first kappa shape index (κ1) is 14.5. The maximum absolute atomic E-state index is 13.4. The van der Waals surface area contributed by atoms with Gasteiger partial charge < -0.3 is 5.73 Å². The van der Waals surface area contributed by atoms with Crippen molar-refractivity contribution >= 4 is 15.9 Å². The summed E-state index contributed by atoms with van der Waals surface area (Å²) in [5, 5.41) is 7.06. The zero-order valence-electron chi connectivity index (χ0n) is 8.95. The lowest BCUT2D eigenvalue weighted by Crippen LogP contribution is -2.29. The Morgan fingerprint density at radius 2 is 2.06 bits per heavy atom. The predicted molar refractivity (Wildman–Crippen MR) is 59.2 cm³/mol. The number of amidine groups is 1. The first-order valence-corrected chi connectivity index (χ1v) is 6.18. The highest BCUT2D eigenvalue weighted by Gasteiger charge is 2.23. The fourth-order valence-electron chi connectivity index (χ4n) is 1.10. The van der Waals surface area contributed by atoms with Gasteiger partial charge in [-0.1, -0.05) is 12.1 Å². The fraction of sp³-hybridized carbons (Fsp3) is 0.222. The van der Waals surface area contributed by atoms with Crippen molar-refractivity contribution in [2.24, 2.45) is 5.73 Å². The van der Waals surface area contributed by atoms with E-state index in [-0.39, 0.29) is 17.0 Å². The molecule has 0 heterocycles. The van der Waals surface area contributed by atoms with Crippen molar-refractivity contribution in [3.63, 3.8) is 0 Å². The third-order valence-corrected chi connectivity index (χ3v) is 3.08. The minimum absolute atomic E-state index is 0.118. The van der Waals surface area contributed by atoms with Gasteiger partial charge in [0.2, 0.25) is 0 Å². The van der Waals surface area contributed by atoms with Crippen LogP contribution in [0, 0.1) is 11.2 Å². The summed E-state index contributed by atoms with van der Waals surface area (Å²) < 4.78 is 60.5. The van der Waals surface area contributed by atoms with Gasteiger partial charge in [-0.25, -0.2) is 17.5 Å². The first-order valence-electron chi connectivity index (χ1n) is 4.63. The molecule has 0 amide bonds. The Labute approximate surface area is 101 Å². The molecule has 0 spiro atoms. The van der Waals surface area contributed by atoms with Gasteiger partial charge in [-0.2, -0.15) is 8.78 Å². The Bertz CT molecular complexity index is 560. The van der Waals surface area contributed by atoms with Gasteiger partial charge in [0.05, 0.1) is 0 Å². The highest BCUT2D eigenvalue weighted by molar-refractivity contribution is 7.89. The number of hydrogen-bond acceptors (Lipinski definition) is 3. The minimum Gasteiger partial charge on any atom is -0.384 e. The number of alkyl halides is 2. The Morgan fingerprint density at radius 3 is 2.50 bits per heavy atom. The molecule has 1 rings (SSSR count). The molecule has 1 aromatic rings. The van der Waals surface area contributed by atoms with Crippen LogP contribution in [0.15, 0.2) is 18.2 Å². The number of halogens is 3. The Hall–Kier alpha value is -1.61. The second kappa shape index (κ2) is 5.36. The second-order valence-corrected chi connectivity index (χ2v) is 5.08. The van der Waals surface area contributed by atoms with Crippen molar-refractivity contribution in [1.82, 2.24) is 4.72 Å². The van der Waals surface area contributed by atoms with E-state index in [1.807, 2.05) is 0 Å². The molecule has 0 atom stereocenters. The Kier molecular flexibility index (Phi) is 4.30. The summed E-state index contributed by atoms with van der Waals surface area (Å²) in [6.45, 7) is -0.601. The van der Waals surface area contributed by atoms with Gasteiger partial charge in [0.1, 0.15) is 11.7 Å². The smallest absolute Gasteiger partial charge is 0.350 e. The lowest BCUT2D eigenvalue weighted by Gasteiger charge is -2.07. The van der Waals surface area contributed by atoms with Crippen molar-refractivity contribution in [3.8, 4) is 0 Å². The molecule has 0 radical (unpaired) electrons. The number of benzene rings is 1. The SMILES string of the molecule is N=C(N)c1ccc(CNS(=O)(=O)C(F)F)c(F)c1. The van der Waals surface area contributed by atoms with Crippen LogP contribution in [-0.2, 0) is 16.6 Å². The molecule has 0 fully saturated rings. The normalized spacial score (nSPS) is 11.8. The van der Waals surface area contributed by atoms with E-state index in [2.05, 4.69) is 0 Å². The number of hydrogen-bond donors (Lipinski definition) is 3. The van der Waals surface area contributed by atoms with Crippen molar-refractivity contribution < 1.29 is 21.6 Å². The number of nitrogens with one attached hydrogen (secondary N) is 2. The molecule has 9 heteroatoms. The average molecular weight is 281 g/mol. The molecule has 0 aliphatic rings. The molecule has 0 aliphatic heterocycles. The van der Waals surface area contributed by atoms with Crippen LogP contribution < -0.4 is 10.5 Å². The molecular formula is C9H10F3N3O2S. The van der Waals surface area contributed by atoms with Crippen molar-refractivity contribution in [1.29, 1.82) is 5.41 Å². The second-order valence-electron chi connectivity index (χ2n) is 3.35.